The highest BCUT2D eigenvalue weighted by molar-refractivity contribution is 4.91. The summed E-state index contributed by atoms with van der Waals surface area (Å²) in [6.45, 7) is 4.65. The van der Waals surface area contributed by atoms with Crippen LogP contribution in [0.5, 0.6) is 0 Å². The maximum Gasteiger partial charge on any atom is -0.0241 e. The molecule has 0 saturated heterocycles. The average molecular weight is 167 g/mol. The molecule has 0 aromatic carbocycles. The van der Waals surface area contributed by atoms with Crippen molar-refractivity contribution in [3.8, 4) is 0 Å². The van der Waals surface area contributed by atoms with Gasteiger partial charge in [-0.2, -0.15) is 0 Å². The summed E-state index contributed by atoms with van der Waals surface area (Å²) in [5, 5.41) is 0. The highest BCUT2D eigenvalue weighted by Gasteiger charge is 2.13. The fourth-order valence-corrected chi connectivity index (χ4v) is 2.06. The van der Waals surface area contributed by atoms with Gasteiger partial charge in [-0.15, -0.1) is 0 Å². The Hall–Kier alpha value is 0. The summed E-state index contributed by atoms with van der Waals surface area (Å²) in [6.07, 6.45) is 11.6. The van der Waals surface area contributed by atoms with Crippen LogP contribution >= 0.6 is 0 Å². The topological polar surface area (TPSA) is 0 Å². The average Bonchev–Trinajstić information content (AvgIpc) is 2.05. The van der Waals surface area contributed by atoms with E-state index >= 15 is 0 Å². The molecule has 0 aromatic heterocycles. The first-order valence-corrected chi connectivity index (χ1v) is 5.62. The van der Waals surface area contributed by atoms with Crippen LogP contribution in [0.15, 0.2) is 0 Å². The largest absolute Gasteiger partial charge is 0.0628 e. The van der Waals surface area contributed by atoms with Crippen LogP contribution < -0.4 is 0 Å². The zero-order valence-corrected chi connectivity index (χ0v) is 8.73. The summed E-state index contributed by atoms with van der Waals surface area (Å²) in [5.41, 5.74) is 0. The van der Waals surface area contributed by atoms with Crippen LogP contribution in [0.25, 0.3) is 0 Å². The van der Waals surface area contributed by atoms with Crippen LogP contribution in [0.4, 0.5) is 0 Å². The first kappa shape index (κ1) is 10.1. The van der Waals surface area contributed by atoms with Crippen LogP contribution in [-0.2, 0) is 0 Å². The fourth-order valence-electron chi connectivity index (χ4n) is 2.06. The zero-order chi connectivity index (χ0) is 8.81. The second-order valence-electron chi connectivity index (χ2n) is 4.60. The summed E-state index contributed by atoms with van der Waals surface area (Å²) in [7, 11) is 0. The van der Waals surface area contributed by atoms with Gasteiger partial charge in [0.15, 0.2) is 0 Å². The van der Waals surface area contributed by atoms with E-state index in [1.54, 1.807) is 0 Å². The summed E-state index contributed by atoms with van der Waals surface area (Å²) in [4.78, 5) is 0. The standard InChI is InChI=1S/C12H23/c1-11(2)7-6-10-12-8-4-3-5-9-12/h11H,3-10H2,1-2H3. The summed E-state index contributed by atoms with van der Waals surface area (Å²) in [6, 6.07) is 0. The Morgan fingerprint density at radius 3 is 2.33 bits per heavy atom. The van der Waals surface area contributed by atoms with Gasteiger partial charge in [-0.05, 0) is 31.1 Å². The highest BCUT2D eigenvalue weighted by atomic mass is 14.2. The monoisotopic (exact) mass is 167 g/mol. The molecule has 0 heterocycles. The van der Waals surface area contributed by atoms with E-state index in [1.165, 1.54) is 51.4 Å². The molecule has 0 atom stereocenters. The van der Waals surface area contributed by atoms with E-state index in [0.29, 0.717) is 0 Å². The third kappa shape index (κ3) is 4.13. The van der Waals surface area contributed by atoms with E-state index < -0.39 is 0 Å². The van der Waals surface area contributed by atoms with Crippen molar-refractivity contribution < 1.29 is 0 Å². The summed E-state index contributed by atoms with van der Waals surface area (Å²) in [5.74, 6) is 2.76. The van der Waals surface area contributed by atoms with Gasteiger partial charge in [0.1, 0.15) is 0 Å². The Balaban J connectivity index is 1.98. The third-order valence-corrected chi connectivity index (χ3v) is 2.87. The van der Waals surface area contributed by atoms with E-state index in [-0.39, 0.29) is 0 Å². The summed E-state index contributed by atoms with van der Waals surface area (Å²) >= 11 is 0. The molecule has 1 radical (unpaired) electrons. The van der Waals surface area contributed by atoms with Gasteiger partial charge in [0, 0.05) is 0 Å². The molecule has 0 heteroatoms. The van der Waals surface area contributed by atoms with E-state index in [0.717, 1.165) is 5.92 Å². The molecule has 0 aromatic rings. The second kappa shape index (κ2) is 5.61. The maximum absolute atomic E-state index is 2.32. The minimum Gasteiger partial charge on any atom is -0.0628 e. The van der Waals surface area contributed by atoms with Gasteiger partial charge in [-0.25, -0.2) is 0 Å². The van der Waals surface area contributed by atoms with Crippen molar-refractivity contribution in [2.24, 2.45) is 5.92 Å². The van der Waals surface area contributed by atoms with Crippen LogP contribution in [-0.4, -0.2) is 0 Å². The molecule has 71 valence electrons. The molecule has 0 N–H and O–H groups in total. The molecule has 0 bridgehead atoms. The second-order valence-corrected chi connectivity index (χ2v) is 4.60. The molecule has 0 amide bonds. The van der Waals surface area contributed by atoms with Gasteiger partial charge >= 0.3 is 0 Å². The number of hydrogen-bond donors (Lipinski definition) is 0. The van der Waals surface area contributed by atoms with Crippen molar-refractivity contribution in [1.29, 1.82) is 0 Å². The van der Waals surface area contributed by atoms with Gasteiger partial charge in [-0.3, -0.25) is 0 Å². The summed E-state index contributed by atoms with van der Waals surface area (Å²) < 4.78 is 0. The van der Waals surface area contributed by atoms with Crippen LogP contribution in [0.1, 0.15) is 65.2 Å². The Bertz CT molecular complexity index is 98.6. The van der Waals surface area contributed by atoms with Crippen LogP contribution in [0.3, 0.4) is 0 Å². The van der Waals surface area contributed by atoms with Gasteiger partial charge in [0.05, 0.1) is 0 Å². The van der Waals surface area contributed by atoms with Crippen LogP contribution in [0, 0.1) is 11.8 Å². The zero-order valence-electron chi connectivity index (χ0n) is 8.73. The Morgan fingerprint density at radius 1 is 1.08 bits per heavy atom. The van der Waals surface area contributed by atoms with E-state index in [1.807, 2.05) is 5.92 Å². The van der Waals surface area contributed by atoms with Crippen LogP contribution in [0.2, 0.25) is 0 Å². The van der Waals surface area contributed by atoms with E-state index in [9.17, 15) is 0 Å². The van der Waals surface area contributed by atoms with Crippen molar-refractivity contribution in [3.05, 3.63) is 5.92 Å². The van der Waals surface area contributed by atoms with Gasteiger partial charge in [0.2, 0.25) is 0 Å². The lowest BCUT2D eigenvalue weighted by molar-refractivity contribution is 0.470. The fraction of sp³-hybridized carbons (Fsp3) is 0.917. The van der Waals surface area contributed by atoms with Crippen molar-refractivity contribution in [3.63, 3.8) is 0 Å². The lowest BCUT2D eigenvalue weighted by Gasteiger charge is -2.20. The van der Waals surface area contributed by atoms with Gasteiger partial charge < -0.3 is 0 Å². The lowest BCUT2D eigenvalue weighted by Crippen LogP contribution is -2.04. The molecule has 0 unspecified atom stereocenters. The van der Waals surface area contributed by atoms with Crippen molar-refractivity contribution in [2.45, 2.75) is 65.2 Å². The van der Waals surface area contributed by atoms with Crippen molar-refractivity contribution >= 4 is 0 Å². The quantitative estimate of drug-likeness (QED) is 0.584. The lowest BCUT2D eigenvalue weighted by atomic mass is 9.85. The normalized spacial score (nSPS) is 20.2. The molecule has 1 fully saturated rings. The third-order valence-electron chi connectivity index (χ3n) is 2.87. The van der Waals surface area contributed by atoms with E-state index in [2.05, 4.69) is 13.8 Å². The minimum atomic E-state index is 0.897. The maximum atomic E-state index is 2.32. The Kier molecular flexibility index (Phi) is 4.72. The van der Waals surface area contributed by atoms with Crippen molar-refractivity contribution in [2.75, 3.05) is 0 Å². The predicted molar refractivity (Wildman–Crippen MR) is 55.0 cm³/mol. The first-order valence-electron chi connectivity index (χ1n) is 5.62. The van der Waals surface area contributed by atoms with E-state index in [4.69, 9.17) is 0 Å². The number of rotatable bonds is 4. The molecular weight excluding hydrogens is 144 g/mol. The van der Waals surface area contributed by atoms with Crippen molar-refractivity contribution in [1.82, 2.24) is 0 Å². The first-order chi connectivity index (χ1) is 5.79. The SMILES string of the molecule is CC(C)CCC[C]1CCCCC1. The highest BCUT2D eigenvalue weighted by Crippen LogP contribution is 2.30. The molecule has 1 saturated carbocycles. The van der Waals surface area contributed by atoms with Gasteiger partial charge in [0.25, 0.3) is 0 Å². The molecule has 12 heavy (non-hydrogen) atoms. The Labute approximate surface area is 77.7 Å². The molecule has 0 aliphatic heterocycles. The molecule has 0 spiro atoms. The molecule has 1 rings (SSSR count). The molecule has 1 aliphatic carbocycles. The molecular formula is C12H23. The number of hydrogen-bond acceptors (Lipinski definition) is 0. The minimum absolute atomic E-state index is 0.897. The molecule has 0 nitrogen and oxygen atoms in total. The molecule has 1 aliphatic rings. The predicted octanol–water partition coefficient (Wildman–Crippen LogP) is 4.35. The smallest absolute Gasteiger partial charge is 0.0241 e. The van der Waals surface area contributed by atoms with Gasteiger partial charge in [-0.1, -0.05) is 46.0 Å². The Morgan fingerprint density at radius 2 is 1.75 bits per heavy atom.